The van der Waals surface area contributed by atoms with Crippen molar-refractivity contribution in [3.63, 3.8) is 0 Å². The van der Waals surface area contributed by atoms with Crippen molar-refractivity contribution >= 4 is 0 Å². The van der Waals surface area contributed by atoms with Crippen LogP contribution in [0.25, 0.3) is 0 Å². The van der Waals surface area contributed by atoms with Gasteiger partial charge in [-0.1, -0.05) is 12.1 Å². The Morgan fingerprint density at radius 1 is 1.58 bits per heavy atom. The second-order valence-corrected chi connectivity index (χ2v) is 2.41. The summed E-state index contributed by atoms with van der Waals surface area (Å²) in [5.41, 5.74) is 0.653. The Morgan fingerprint density at radius 2 is 2.33 bits per heavy atom. The summed E-state index contributed by atoms with van der Waals surface area (Å²) in [6.45, 7) is 0. The number of hydrogen-bond donors (Lipinski definition) is 1. The molecule has 0 amide bonds. The quantitative estimate of drug-likeness (QED) is 0.720. The fraction of sp³-hybridized carbons (Fsp3) is 0.222. The summed E-state index contributed by atoms with van der Waals surface area (Å²) in [4.78, 5) is 0. The molecule has 2 nitrogen and oxygen atoms in total. The lowest BCUT2D eigenvalue weighted by atomic mass is 10.1. The zero-order valence-electron chi connectivity index (χ0n) is 6.71. The van der Waals surface area contributed by atoms with E-state index in [0.717, 1.165) is 0 Å². The Kier molecular flexibility index (Phi) is 2.78. The molecule has 0 aliphatic heterocycles. The fourth-order valence-corrected chi connectivity index (χ4v) is 0.992. The Hall–Kier alpha value is -1.40. The first-order chi connectivity index (χ1) is 5.77. The molecule has 1 rings (SSSR count). The number of hydrogen-bond acceptors (Lipinski definition) is 2. The molecule has 1 atom stereocenters. The van der Waals surface area contributed by atoms with E-state index in [4.69, 9.17) is 5.26 Å². The molecule has 1 N–H and O–H groups in total. The van der Waals surface area contributed by atoms with Crippen molar-refractivity contribution in [2.45, 2.75) is 6.04 Å². The van der Waals surface area contributed by atoms with Crippen LogP contribution in [0.5, 0.6) is 0 Å². The van der Waals surface area contributed by atoms with Gasteiger partial charge in [0, 0.05) is 0 Å². The minimum absolute atomic E-state index is 0.317. The van der Waals surface area contributed by atoms with E-state index >= 15 is 0 Å². The minimum Gasteiger partial charge on any atom is -0.301 e. The first-order valence-corrected chi connectivity index (χ1v) is 3.60. The molecule has 1 unspecified atom stereocenters. The van der Waals surface area contributed by atoms with Gasteiger partial charge in [-0.15, -0.1) is 0 Å². The van der Waals surface area contributed by atoms with Gasteiger partial charge >= 0.3 is 0 Å². The maximum atomic E-state index is 12.7. The van der Waals surface area contributed by atoms with Crippen LogP contribution in [-0.2, 0) is 0 Å². The molecule has 0 saturated carbocycles. The molecule has 1 aromatic carbocycles. The standard InChI is InChI=1S/C9H9FN2/c1-12-9(6-11)7-3-2-4-8(10)5-7/h2-5,9,12H,1H3. The van der Waals surface area contributed by atoms with Crippen LogP contribution in [-0.4, -0.2) is 7.05 Å². The van der Waals surface area contributed by atoms with Crippen molar-refractivity contribution in [3.8, 4) is 6.07 Å². The lowest BCUT2D eigenvalue weighted by molar-refractivity contribution is 0.620. The zero-order valence-corrected chi connectivity index (χ0v) is 6.71. The van der Waals surface area contributed by atoms with Gasteiger partial charge in [-0.3, -0.25) is 0 Å². The van der Waals surface area contributed by atoms with E-state index in [-0.39, 0.29) is 5.82 Å². The summed E-state index contributed by atoms with van der Waals surface area (Å²) in [6.07, 6.45) is 0. The first-order valence-electron chi connectivity index (χ1n) is 3.60. The predicted molar refractivity (Wildman–Crippen MR) is 43.8 cm³/mol. The summed E-state index contributed by atoms with van der Waals surface area (Å²) >= 11 is 0. The molecule has 3 heteroatoms. The largest absolute Gasteiger partial charge is 0.301 e. The maximum Gasteiger partial charge on any atom is 0.123 e. The predicted octanol–water partition coefficient (Wildman–Crippen LogP) is 1.61. The topological polar surface area (TPSA) is 35.8 Å². The van der Waals surface area contributed by atoms with Gasteiger partial charge in [-0.05, 0) is 24.7 Å². The Bertz CT molecular complexity index is 304. The van der Waals surface area contributed by atoms with E-state index in [1.54, 1.807) is 19.2 Å². The molecule has 0 saturated heterocycles. The van der Waals surface area contributed by atoms with E-state index in [1.807, 2.05) is 6.07 Å². The summed E-state index contributed by atoms with van der Waals surface area (Å²) in [5.74, 6) is -0.317. The number of nitrogens with zero attached hydrogens (tertiary/aromatic N) is 1. The van der Waals surface area contributed by atoms with Crippen LogP contribution >= 0.6 is 0 Å². The fourth-order valence-electron chi connectivity index (χ4n) is 0.992. The molecule has 0 spiro atoms. The van der Waals surface area contributed by atoms with E-state index in [2.05, 4.69) is 5.32 Å². The summed E-state index contributed by atoms with van der Waals surface area (Å²) in [7, 11) is 1.67. The molecule has 0 aromatic heterocycles. The van der Waals surface area contributed by atoms with Gasteiger partial charge in [-0.2, -0.15) is 5.26 Å². The highest BCUT2D eigenvalue weighted by Gasteiger charge is 2.06. The molecule has 0 heterocycles. The first kappa shape index (κ1) is 8.69. The number of halogens is 1. The van der Waals surface area contributed by atoms with Crippen molar-refractivity contribution in [2.75, 3.05) is 7.05 Å². The second-order valence-electron chi connectivity index (χ2n) is 2.41. The smallest absolute Gasteiger partial charge is 0.123 e. The average Bonchev–Trinajstić information content (AvgIpc) is 2.07. The van der Waals surface area contributed by atoms with E-state index < -0.39 is 6.04 Å². The zero-order chi connectivity index (χ0) is 8.97. The van der Waals surface area contributed by atoms with E-state index in [0.29, 0.717) is 5.56 Å². The van der Waals surface area contributed by atoms with Gasteiger partial charge in [0.05, 0.1) is 6.07 Å². The molecule has 62 valence electrons. The molecular formula is C9H9FN2. The van der Waals surface area contributed by atoms with Crippen LogP contribution in [0.15, 0.2) is 24.3 Å². The lowest BCUT2D eigenvalue weighted by Crippen LogP contribution is -2.13. The van der Waals surface area contributed by atoms with Crippen molar-refractivity contribution in [3.05, 3.63) is 35.6 Å². The average molecular weight is 164 g/mol. The molecule has 0 radical (unpaired) electrons. The van der Waals surface area contributed by atoms with Crippen LogP contribution in [0, 0.1) is 17.1 Å². The van der Waals surface area contributed by atoms with Crippen molar-refractivity contribution < 1.29 is 4.39 Å². The monoisotopic (exact) mass is 164 g/mol. The highest BCUT2D eigenvalue weighted by Crippen LogP contribution is 2.12. The summed E-state index contributed by atoms with van der Waals surface area (Å²) in [6, 6.07) is 7.60. The normalized spacial score (nSPS) is 12.1. The van der Waals surface area contributed by atoms with Crippen LogP contribution in [0.1, 0.15) is 11.6 Å². The van der Waals surface area contributed by atoms with Gasteiger partial charge in [-0.25, -0.2) is 4.39 Å². The third-order valence-electron chi connectivity index (χ3n) is 1.60. The number of nitriles is 1. The Labute approximate surface area is 70.6 Å². The molecule has 0 aliphatic rings. The van der Waals surface area contributed by atoms with Gasteiger partial charge in [0.1, 0.15) is 11.9 Å². The van der Waals surface area contributed by atoms with Crippen LogP contribution in [0.2, 0.25) is 0 Å². The van der Waals surface area contributed by atoms with Crippen molar-refractivity contribution in [1.29, 1.82) is 5.26 Å². The van der Waals surface area contributed by atoms with E-state index in [1.165, 1.54) is 12.1 Å². The molecule has 12 heavy (non-hydrogen) atoms. The third kappa shape index (κ3) is 1.80. The van der Waals surface area contributed by atoms with Crippen LogP contribution in [0.4, 0.5) is 4.39 Å². The molecule has 0 aliphatic carbocycles. The van der Waals surface area contributed by atoms with E-state index in [9.17, 15) is 4.39 Å². The Morgan fingerprint density at radius 3 is 2.83 bits per heavy atom. The second kappa shape index (κ2) is 3.84. The van der Waals surface area contributed by atoms with Crippen molar-refractivity contribution in [2.24, 2.45) is 0 Å². The number of rotatable bonds is 2. The molecule has 0 bridgehead atoms. The highest BCUT2D eigenvalue weighted by atomic mass is 19.1. The van der Waals surface area contributed by atoms with Crippen molar-refractivity contribution in [1.82, 2.24) is 5.32 Å². The molecule has 0 fully saturated rings. The molecule has 1 aromatic rings. The number of benzene rings is 1. The van der Waals surface area contributed by atoms with Crippen LogP contribution < -0.4 is 5.32 Å². The lowest BCUT2D eigenvalue weighted by Gasteiger charge is -2.06. The van der Waals surface area contributed by atoms with Crippen LogP contribution in [0.3, 0.4) is 0 Å². The van der Waals surface area contributed by atoms with Gasteiger partial charge < -0.3 is 5.32 Å². The minimum atomic E-state index is -0.430. The van der Waals surface area contributed by atoms with Gasteiger partial charge in [0.15, 0.2) is 0 Å². The van der Waals surface area contributed by atoms with Gasteiger partial charge in [0.25, 0.3) is 0 Å². The molecular weight excluding hydrogens is 155 g/mol. The third-order valence-corrected chi connectivity index (χ3v) is 1.60. The SMILES string of the molecule is CNC(C#N)c1cccc(F)c1. The number of nitrogens with one attached hydrogen (secondary N) is 1. The summed E-state index contributed by atoms with van der Waals surface area (Å²) in [5, 5.41) is 11.4. The van der Waals surface area contributed by atoms with Gasteiger partial charge in [0.2, 0.25) is 0 Å². The summed E-state index contributed by atoms with van der Waals surface area (Å²) < 4.78 is 12.7. The highest BCUT2D eigenvalue weighted by molar-refractivity contribution is 5.24. The Balaban J connectivity index is 2.95. The maximum absolute atomic E-state index is 12.7.